The highest BCUT2D eigenvalue weighted by Gasteiger charge is 2.39. The first-order chi connectivity index (χ1) is 7.14. The molecule has 0 spiro atoms. The number of hydrogen-bond acceptors (Lipinski definition) is 3. The molecule has 4 nitrogen and oxygen atoms in total. The molecular formula is C11H23ClN2O2. The monoisotopic (exact) mass is 250 g/mol. The lowest BCUT2D eigenvalue weighted by Gasteiger charge is -2.35. The lowest BCUT2D eigenvalue weighted by molar-refractivity contribution is -0.147. The maximum atomic E-state index is 12.1. The molecular weight excluding hydrogens is 228 g/mol. The number of halogens is 1. The van der Waals surface area contributed by atoms with Crippen LogP contribution in [0, 0.1) is 0 Å². The number of nitrogens with one attached hydrogen (secondary N) is 2. The highest BCUT2D eigenvalue weighted by molar-refractivity contribution is 5.85. The van der Waals surface area contributed by atoms with Crippen LogP contribution in [0.1, 0.15) is 33.1 Å². The van der Waals surface area contributed by atoms with E-state index in [0.29, 0.717) is 0 Å². The molecule has 0 radical (unpaired) electrons. The van der Waals surface area contributed by atoms with Crippen molar-refractivity contribution in [1.29, 1.82) is 0 Å². The van der Waals surface area contributed by atoms with Crippen molar-refractivity contribution in [2.75, 3.05) is 20.2 Å². The van der Waals surface area contributed by atoms with Crippen molar-refractivity contribution < 1.29 is 9.53 Å². The molecule has 0 aromatic heterocycles. The predicted octanol–water partition coefficient (Wildman–Crippen LogP) is 1.09. The normalized spacial score (nSPS) is 20.7. The number of rotatable bonds is 4. The van der Waals surface area contributed by atoms with Crippen molar-refractivity contribution in [3.8, 4) is 0 Å². The molecule has 1 heterocycles. The van der Waals surface area contributed by atoms with E-state index in [0.717, 1.165) is 32.4 Å². The molecule has 0 aromatic rings. The molecule has 1 aliphatic rings. The molecule has 0 bridgehead atoms. The molecule has 1 rings (SSSR count). The highest BCUT2D eigenvalue weighted by atomic mass is 35.5. The smallest absolute Gasteiger partial charge is 0.252 e. The first-order valence-corrected chi connectivity index (χ1v) is 5.71. The zero-order valence-electron chi connectivity index (χ0n) is 10.3. The summed E-state index contributed by atoms with van der Waals surface area (Å²) in [4.78, 5) is 12.1. The molecule has 2 N–H and O–H groups in total. The topological polar surface area (TPSA) is 50.4 Å². The van der Waals surface area contributed by atoms with Crippen LogP contribution in [0.4, 0.5) is 0 Å². The Morgan fingerprint density at radius 3 is 2.50 bits per heavy atom. The van der Waals surface area contributed by atoms with Crippen molar-refractivity contribution >= 4 is 18.3 Å². The van der Waals surface area contributed by atoms with Crippen LogP contribution in [-0.4, -0.2) is 37.7 Å². The van der Waals surface area contributed by atoms with Gasteiger partial charge in [0.2, 0.25) is 0 Å². The summed E-state index contributed by atoms with van der Waals surface area (Å²) >= 11 is 0. The summed E-state index contributed by atoms with van der Waals surface area (Å²) in [6.45, 7) is 5.78. The molecule has 1 unspecified atom stereocenters. The molecule has 1 amide bonds. The van der Waals surface area contributed by atoms with Crippen LogP contribution < -0.4 is 10.6 Å². The van der Waals surface area contributed by atoms with Crippen LogP contribution in [0.5, 0.6) is 0 Å². The summed E-state index contributed by atoms with van der Waals surface area (Å²) in [7, 11) is 1.63. The van der Waals surface area contributed by atoms with Gasteiger partial charge in [-0.2, -0.15) is 0 Å². The molecule has 0 aliphatic carbocycles. The van der Waals surface area contributed by atoms with Crippen molar-refractivity contribution in [3.63, 3.8) is 0 Å². The standard InChI is InChI=1S/C11H22N2O2.ClH/c1-4-9(2)13-10(14)11(15-3)5-7-12-8-6-11;/h9,12H,4-8H2,1-3H3,(H,13,14);1H. The van der Waals surface area contributed by atoms with Crippen molar-refractivity contribution in [3.05, 3.63) is 0 Å². The molecule has 1 saturated heterocycles. The molecule has 1 aliphatic heterocycles. The van der Waals surface area contributed by atoms with Crippen LogP contribution in [-0.2, 0) is 9.53 Å². The third-order valence-electron chi connectivity index (χ3n) is 3.21. The van der Waals surface area contributed by atoms with Gasteiger partial charge in [-0.25, -0.2) is 0 Å². The average Bonchev–Trinajstić information content (AvgIpc) is 2.29. The maximum absolute atomic E-state index is 12.1. The van der Waals surface area contributed by atoms with Gasteiger partial charge in [0.15, 0.2) is 0 Å². The van der Waals surface area contributed by atoms with E-state index in [1.165, 1.54) is 0 Å². The van der Waals surface area contributed by atoms with E-state index in [1.54, 1.807) is 7.11 Å². The van der Waals surface area contributed by atoms with Gasteiger partial charge in [0, 0.05) is 13.2 Å². The Morgan fingerprint density at radius 2 is 2.06 bits per heavy atom. The van der Waals surface area contributed by atoms with E-state index in [2.05, 4.69) is 17.6 Å². The van der Waals surface area contributed by atoms with Gasteiger partial charge in [0.1, 0.15) is 5.60 Å². The Labute approximate surface area is 104 Å². The fraction of sp³-hybridized carbons (Fsp3) is 0.909. The van der Waals surface area contributed by atoms with Crippen LogP contribution in [0.15, 0.2) is 0 Å². The van der Waals surface area contributed by atoms with Crippen molar-refractivity contribution in [2.45, 2.75) is 44.8 Å². The fourth-order valence-corrected chi connectivity index (χ4v) is 1.81. The first kappa shape index (κ1) is 15.7. The van der Waals surface area contributed by atoms with Gasteiger partial charge in [0.25, 0.3) is 5.91 Å². The minimum absolute atomic E-state index is 0. The Kier molecular flexibility index (Phi) is 6.95. The highest BCUT2D eigenvalue weighted by Crippen LogP contribution is 2.22. The first-order valence-electron chi connectivity index (χ1n) is 5.71. The molecule has 5 heteroatoms. The second-order valence-electron chi connectivity index (χ2n) is 4.23. The lowest BCUT2D eigenvalue weighted by Crippen LogP contribution is -2.55. The maximum Gasteiger partial charge on any atom is 0.252 e. The van der Waals surface area contributed by atoms with E-state index >= 15 is 0 Å². The minimum atomic E-state index is -0.602. The number of ether oxygens (including phenoxy) is 1. The van der Waals surface area contributed by atoms with Crippen LogP contribution in [0.25, 0.3) is 0 Å². The summed E-state index contributed by atoms with van der Waals surface area (Å²) in [6.07, 6.45) is 2.46. The van der Waals surface area contributed by atoms with Gasteiger partial charge in [0.05, 0.1) is 0 Å². The zero-order chi connectivity index (χ0) is 11.3. The summed E-state index contributed by atoms with van der Waals surface area (Å²) in [5.74, 6) is 0.0425. The summed E-state index contributed by atoms with van der Waals surface area (Å²) in [5, 5.41) is 6.24. The largest absolute Gasteiger partial charge is 0.368 e. The number of methoxy groups -OCH3 is 1. The molecule has 16 heavy (non-hydrogen) atoms. The Hall–Kier alpha value is -0.320. The van der Waals surface area contributed by atoms with Gasteiger partial charge in [-0.1, -0.05) is 6.92 Å². The minimum Gasteiger partial charge on any atom is -0.368 e. The Balaban J connectivity index is 0.00000225. The quantitative estimate of drug-likeness (QED) is 0.786. The molecule has 1 atom stereocenters. The number of piperidine rings is 1. The number of amides is 1. The van der Waals surface area contributed by atoms with Gasteiger partial charge < -0.3 is 15.4 Å². The molecule has 96 valence electrons. The fourth-order valence-electron chi connectivity index (χ4n) is 1.81. The van der Waals surface area contributed by atoms with Gasteiger partial charge in [-0.15, -0.1) is 12.4 Å². The predicted molar refractivity (Wildman–Crippen MR) is 67.0 cm³/mol. The Morgan fingerprint density at radius 1 is 1.50 bits per heavy atom. The van der Waals surface area contributed by atoms with E-state index in [9.17, 15) is 4.79 Å². The second-order valence-corrected chi connectivity index (χ2v) is 4.23. The Bertz CT molecular complexity index is 218. The second kappa shape index (κ2) is 7.09. The number of carbonyl (C=O) groups excluding carboxylic acids is 1. The zero-order valence-corrected chi connectivity index (χ0v) is 11.2. The van der Waals surface area contributed by atoms with Crippen LogP contribution in [0.3, 0.4) is 0 Å². The summed E-state index contributed by atoms with van der Waals surface area (Å²) in [5.41, 5.74) is -0.602. The SMILES string of the molecule is CCC(C)NC(=O)C1(OC)CCNCC1.Cl. The third kappa shape index (κ3) is 3.61. The third-order valence-corrected chi connectivity index (χ3v) is 3.21. The van der Waals surface area contributed by atoms with E-state index in [1.807, 2.05) is 6.92 Å². The van der Waals surface area contributed by atoms with Crippen LogP contribution in [0.2, 0.25) is 0 Å². The van der Waals surface area contributed by atoms with Gasteiger partial charge >= 0.3 is 0 Å². The van der Waals surface area contributed by atoms with E-state index in [4.69, 9.17) is 4.74 Å². The van der Waals surface area contributed by atoms with E-state index < -0.39 is 5.60 Å². The number of carbonyl (C=O) groups is 1. The average molecular weight is 251 g/mol. The molecule has 0 aromatic carbocycles. The van der Waals surface area contributed by atoms with Gasteiger partial charge in [-0.3, -0.25) is 4.79 Å². The molecule has 0 saturated carbocycles. The van der Waals surface area contributed by atoms with Crippen LogP contribution >= 0.6 is 12.4 Å². The van der Waals surface area contributed by atoms with Crippen molar-refractivity contribution in [1.82, 2.24) is 10.6 Å². The van der Waals surface area contributed by atoms with E-state index in [-0.39, 0.29) is 24.4 Å². The lowest BCUT2D eigenvalue weighted by atomic mass is 9.91. The molecule has 1 fully saturated rings. The summed E-state index contributed by atoms with van der Waals surface area (Å²) < 4.78 is 5.43. The van der Waals surface area contributed by atoms with Crippen molar-refractivity contribution in [2.24, 2.45) is 0 Å². The van der Waals surface area contributed by atoms with Gasteiger partial charge in [-0.05, 0) is 39.3 Å². The number of hydrogen-bond donors (Lipinski definition) is 2. The summed E-state index contributed by atoms with van der Waals surface area (Å²) in [6, 6.07) is 0.222.